The molecule has 28 heavy (non-hydrogen) atoms. The topological polar surface area (TPSA) is 96.5 Å². The number of anilines is 1. The van der Waals surface area contributed by atoms with Crippen LogP contribution in [0.3, 0.4) is 0 Å². The Morgan fingerprint density at radius 1 is 1.18 bits per heavy atom. The molecule has 1 aromatic carbocycles. The fourth-order valence-electron chi connectivity index (χ4n) is 3.89. The van der Waals surface area contributed by atoms with Gasteiger partial charge < -0.3 is 15.4 Å². The molecule has 2 heterocycles. The monoisotopic (exact) mass is 409 g/mol. The van der Waals surface area contributed by atoms with Crippen molar-refractivity contribution < 1.29 is 17.9 Å². The molecule has 1 atom stereocenters. The summed E-state index contributed by atoms with van der Waals surface area (Å²) >= 11 is 0. The molecule has 2 aliphatic heterocycles. The van der Waals surface area contributed by atoms with Crippen molar-refractivity contribution in [1.82, 2.24) is 10.0 Å². The second-order valence-electron chi connectivity index (χ2n) is 7.85. The number of amides is 1. The van der Waals surface area contributed by atoms with Crippen molar-refractivity contribution in [2.24, 2.45) is 11.8 Å². The molecule has 8 heteroatoms. The molecule has 1 aromatic rings. The van der Waals surface area contributed by atoms with Crippen LogP contribution in [0.1, 0.15) is 38.2 Å². The van der Waals surface area contributed by atoms with E-state index in [1.807, 2.05) is 13.8 Å². The third-order valence-electron chi connectivity index (χ3n) is 5.79. The van der Waals surface area contributed by atoms with E-state index < -0.39 is 10.0 Å². The van der Waals surface area contributed by atoms with Crippen LogP contribution in [-0.4, -0.2) is 46.7 Å². The number of hydrogen-bond donors (Lipinski definition) is 3. The maximum Gasteiger partial charge on any atom is 0.240 e. The molecule has 0 spiro atoms. The standard InChI is InChI=1S/C20H31N3O4S/c1-14-13-18(28(25,26)23-15(2)16-5-9-21-10-6-16)3-4-19(14)22-20(24)17-7-11-27-12-8-17/h3-4,13,15-17,21,23H,5-12H2,1-2H3,(H,22,24)/t15-/m1/s1. The van der Waals surface area contributed by atoms with E-state index >= 15 is 0 Å². The smallest absolute Gasteiger partial charge is 0.240 e. The molecule has 7 nitrogen and oxygen atoms in total. The van der Waals surface area contributed by atoms with Gasteiger partial charge in [-0.25, -0.2) is 13.1 Å². The normalized spacial score (nSPS) is 20.6. The third kappa shape index (κ3) is 5.31. The number of sulfonamides is 1. The largest absolute Gasteiger partial charge is 0.381 e. The van der Waals surface area contributed by atoms with Crippen molar-refractivity contribution in [1.29, 1.82) is 0 Å². The van der Waals surface area contributed by atoms with Gasteiger partial charge in [-0.05, 0) is 82.3 Å². The lowest BCUT2D eigenvalue weighted by atomic mass is 9.92. The summed E-state index contributed by atoms with van der Waals surface area (Å²) in [5.74, 6) is 0.263. The maximum atomic E-state index is 12.8. The first kappa shape index (κ1) is 21.2. The molecule has 2 fully saturated rings. The number of rotatable bonds is 6. The van der Waals surface area contributed by atoms with E-state index in [1.54, 1.807) is 18.2 Å². The maximum absolute atomic E-state index is 12.8. The molecule has 0 aromatic heterocycles. The Labute approximate surface area is 167 Å². The summed E-state index contributed by atoms with van der Waals surface area (Å²) in [6.45, 7) is 6.82. The molecule has 1 amide bonds. The van der Waals surface area contributed by atoms with Crippen molar-refractivity contribution in [2.75, 3.05) is 31.6 Å². The van der Waals surface area contributed by atoms with Gasteiger partial charge in [0.15, 0.2) is 0 Å². The van der Waals surface area contributed by atoms with Crippen LogP contribution in [0.25, 0.3) is 0 Å². The molecule has 3 N–H and O–H groups in total. The van der Waals surface area contributed by atoms with Crippen LogP contribution in [0.15, 0.2) is 23.1 Å². The van der Waals surface area contributed by atoms with E-state index in [-0.39, 0.29) is 22.8 Å². The number of nitrogens with one attached hydrogen (secondary N) is 3. The van der Waals surface area contributed by atoms with E-state index in [9.17, 15) is 13.2 Å². The highest BCUT2D eigenvalue weighted by Gasteiger charge is 2.26. The lowest BCUT2D eigenvalue weighted by molar-refractivity contribution is -0.122. The van der Waals surface area contributed by atoms with Gasteiger partial charge in [0.25, 0.3) is 0 Å². The number of hydrogen-bond acceptors (Lipinski definition) is 5. The summed E-state index contributed by atoms with van der Waals surface area (Å²) in [5, 5.41) is 6.23. The minimum absolute atomic E-state index is 0.0281. The summed E-state index contributed by atoms with van der Waals surface area (Å²) in [6, 6.07) is 4.75. The van der Waals surface area contributed by atoms with Crippen molar-refractivity contribution in [3.05, 3.63) is 23.8 Å². The highest BCUT2D eigenvalue weighted by molar-refractivity contribution is 7.89. The Kier molecular flexibility index (Phi) is 7.09. The number of ether oxygens (including phenoxy) is 1. The first-order valence-corrected chi connectivity index (χ1v) is 11.6. The number of aryl methyl sites for hydroxylation is 1. The zero-order chi connectivity index (χ0) is 20.1. The van der Waals surface area contributed by atoms with Gasteiger partial charge >= 0.3 is 0 Å². The first-order chi connectivity index (χ1) is 13.4. The molecule has 0 bridgehead atoms. The zero-order valence-electron chi connectivity index (χ0n) is 16.7. The van der Waals surface area contributed by atoms with E-state index in [1.165, 1.54) is 0 Å². The quantitative estimate of drug-likeness (QED) is 0.668. The average Bonchev–Trinajstić information content (AvgIpc) is 2.70. The lowest BCUT2D eigenvalue weighted by Gasteiger charge is -2.28. The molecule has 2 saturated heterocycles. The molecule has 156 valence electrons. The van der Waals surface area contributed by atoms with Crippen molar-refractivity contribution in [3.8, 4) is 0 Å². The van der Waals surface area contributed by atoms with Crippen LogP contribution in [0.4, 0.5) is 5.69 Å². The van der Waals surface area contributed by atoms with E-state index in [2.05, 4.69) is 15.4 Å². The summed E-state index contributed by atoms with van der Waals surface area (Å²) < 4.78 is 33.7. The minimum Gasteiger partial charge on any atom is -0.381 e. The number of carbonyl (C=O) groups excluding carboxylic acids is 1. The van der Waals surface area contributed by atoms with Gasteiger partial charge in [-0.3, -0.25) is 4.79 Å². The van der Waals surface area contributed by atoms with Gasteiger partial charge in [0, 0.05) is 30.9 Å². The SMILES string of the molecule is Cc1cc(S(=O)(=O)N[C@H](C)C2CCNCC2)ccc1NC(=O)C1CCOCC1. The van der Waals surface area contributed by atoms with Crippen LogP contribution in [0.5, 0.6) is 0 Å². The zero-order valence-corrected chi connectivity index (χ0v) is 17.5. The summed E-state index contributed by atoms with van der Waals surface area (Å²) in [6.07, 6.45) is 3.38. The van der Waals surface area contributed by atoms with E-state index in [0.29, 0.717) is 24.8 Å². The van der Waals surface area contributed by atoms with Crippen molar-refractivity contribution in [2.45, 2.75) is 50.5 Å². The van der Waals surface area contributed by atoms with Crippen molar-refractivity contribution >= 4 is 21.6 Å². The third-order valence-corrected chi connectivity index (χ3v) is 7.35. The molecule has 0 saturated carbocycles. The van der Waals surface area contributed by atoms with Crippen LogP contribution in [0, 0.1) is 18.8 Å². The Morgan fingerprint density at radius 3 is 2.50 bits per heavy atom. The van der Waals surface area contributed by atoms with Gasteiger partial charge in [-0.1, -0.05) is 0 Å². The Bertz CT molecular complexity index is 785. The Hall–Kier alpha value is -1.48. The first-order valence-electron chi connectivity index (χ1n) is 10.1. The molecule has 2 aliphatic rings. The van der Waals surface area contributed by atoms with Gasteiger partial charge in [-0.15, -0.1) is 0 Å². The highest BCUT2D eigenvalue weighted by atomic mass is 32.2. The number of benzene rings is 1. The molecular formula is C20H31N3O4S. The van der Waals surface area contributed by atoms with Crippen LogP contribution < -0.4 is 15.4 Å². The van der Waals surface area contributed by atoms with Gasteiger partial charge in [0.2, 0.25) is 15.9 Å². The molecule has 0 radical (unpaired) electrons. The van der Waals surface area contributed by atoms with Crippen LogP contribution in [0.2, 0.25) is 0 Å². The van der Waals surface area contributed by atoms with Gasteiger partial charge in [-0.2, -0.15) is 0 Å². The fraction of sp³-hybridized carbons (Fsp3) is 0.650. The Balaban J connectivity index is 1.65. The fourth-order valence-corrected chi connectivity index (χ4v) is 5.29. The van der Waals surface area contributed by atoms with E-state index in [0.717, 1.165) is 44.3 Å². The summed E-state index contributed by atoms with van der Waals surface area (Å²) in [5.41, 5.74) is 1.39. The average molecular weight is 410 g/mol. The van der Waals surface area contributed by atoms with E-state index in [4.69, 9.17) is 4.74 Å². The number of piperidine rings is 1. The lowest BCUT2D eigenvalue weighted by Crippen LogP contribution is -2.42. The van der Waals surface area contributed by atoms with Crippen molar-refractivity contribution in [3.63, 3.8) is 0 Å². The number of carbonyl (C=O) groups is 1. The molecule has 0 unspecified atom stereocenters. The summed E-state index contributed by atoms with van der Waals surface area (Å²) in [7, 11) is -3.60. The predicted molar refractivity (Wildman–Crippen MR) is 109 cm³/mol. The van der Waals surface area contributed by atoms with Crippen LogP contribution in [-0.2, 0) is 19.6 Å². The minimum atomic E-state index is -3.60. The van der Waals surface area contributed by atoms with Gasteiger partial charge in [0.1, 0.15) is 0 Å². The second-order valence-corrected chi connectivity index (χ2v) is 9.56. The molecule has 3 rings (SSSR count). The summed E-state index contributed by atoms with van der Waals surface area (Å²) in [4.78, 5) is 12.7. The predicted octanol–water partition coefficient (Wildman–Crippen LogP) is 2.03. The molecule has 0 aliphatic carbocycles. The highest BCUT2D eigenvalue weighted by Crippen LogP contribution is 2.24. The molecular weight excluding hydrogens is 378 g/mol. The second kappa shape index (κ2) is 9.35. The Morgan fingerprint density at radius 2 is 1.86 bits per heavy atom. The van der Waals surface area contributed by atoms with Gasteiger partial charge in [0.05, 0.1) is 4.90 Å². The van der Waals surface area contributed by atoms with Crippen LogP contribution >= 0.6 is 0 Å².